The average molecular weight is 522 g/mol. The Bertz CT molecular complexity index is 1220. The number of rotatable bonds is 9. The summed E-state index contributed by atoms with van der Waals surface area (Å²) in [6.07, 6.45) is -4.23. The third-order valence-corrected chi connectivity index (χ3v) is 6.08. The summed E-state index contributed by atoms with van der Waals surface area (Å²) >= 11 is 0. The van der Waals surface area contributed by atoms with Gasteiger partial charge in [-0.2, -0.15) is 13.9 Å². The quantitative estimate of drug-likeness (QED) is 0.256. The van der Waals surface area contributed by atoms with Gasteiger partial charge in [0.05, 0.1) is 11.0 Å². The van der Waals surface area contributed by atoms with E-state index in [1.165, 1.54) is 18.2 Å². The van der Waals surface area contributed by atoms with Crippen LogP contribution in [0.4, 0.5) is 10.5 Å². The Hall–Kier alpha value is -3.32. The molecule has 11 nitrogen and oxygen atoms in total. The summed E-state index contributed by atoms with van der Waals surface area (Å²) in [4.78, 5) is 29.2. The number of hydroxylamine groups is 1. The summed E-state index contributed by atoms with van der Waals surface area (Å²) < 4.78 is 24.6. The lowest BCUT2D eigenvalue weighted by Crippen LogP contribution is -2.66. The van der Waals surface area contributed by atoms with E-state index in [-0.39, 0.29) is 17.7 Å². The third kappa shape index (κ3) is 6.46. The highest BCUT2D eigenvalue weighted by atomic mass is 32.2. The van der Waals surface area contributed by atoms with Crippen LogP contribution >= 0.6 is 0 Å². The minimum absolute atomic E-state index is 0.0275. The fourth-order valence-electron chi connectivity index (χ4n) is 4.11. The molecule has 2 atom stereocenters. The second-order valence-corrected chi connectivity index (χ2v) is 10.4. The number of benzene rings is 2. The van der Waals surface area contributed by atoms with Crippen LogP contribution in [-0.2, 0) is 27.1 Å². The molecule has 3 N–H and O–H groups in total. The Labute approximate surface area is 211 Å². The molecule has 0 aromatic heterocycles. The van der Waals surface area contributed by atoms with Crippen molar-refractivity contribution in [2.24, 2.45) is 0 Å². The van der Waals surface area contributed by atoms with Crippen molar-refractivity contribution in [3.8, 4) is 0 Å². The van der Waals surface area contributed by atoms with Gasteiger partial charge in [-0.3, -0.25) is 19.9 Å². The molecule has 0 saturated heterocycles. The minimum atomic E-state index is -3.07. The summed E-state index contributed by atoms with van der Waals surface area (Å²) in [6, 6.07) is 13.7. The summed E-state index contributed by atoms with van der Waals surface area (Å²) in [5, 5.41) is 33.8. The van der Waals surface area contributed by atoms with Gasteiger partial charge in [-0.05, 0) is 45.7 Å². The van der Waals surface area contributed by atoms with Gasteiger partial charge < -0.3 is 10.2 Å². The van der Waals surface area contributed by atoms with Crippen molar-refractivity contribution in [1.82, 2.24) is 10.4 Å². The van der Waals surface area contributed by atoms with Gasteiger partial charge >= 0.3 is 6.09 Å². The largest absolute Gasteiger partial charge is 0.465 e. The molecule has 2 aromatic carbocycles. The van der Waals surface area contributed by atoms with Crippen molar-refractivity contribution >= 4 is 27.1 Å². The number of nitrogens with one attached hydrogen (secondary N) is 1. The predicted molar refractivity (Wildman–Crippen MR) is 134 cm³/mol. The highest BCUT2D eigenvalue weighted by molar-refractivity contribution is 7.73. The summed E-state index contributed by atoms with van der Waals surface area (Å²) in [6.45, 7) is 7.99. The van der Waals surface area contributed by atoms with Crippen LogP contribution in [0.1, 0.15) is 45.7 Å². The maximum atomic E-state index is 12.8. The predicted octanol–water partition coefficient (Wildman–Crippen LogP) is 3.11. The number of aliphatic hydroxyl groups is 1. The topological polar surface area (TPSA) is 159 Å². The first-order valence-electron chi connectivity index (χ1n) is 11.1. The number of nitro groups is 1. The van der Waals surface area contributed by atoms with Crippen LogP contribution < -0.4 is 5.48 Å². The van der Waals surface area contributed by atoms with E-state index in [0.29, 0.717) is 5.56 Å². The van der Waals surface area contributed by atoms with Gasteiger partial charge in [0.2, 0.25) is 10.3 Å². The van der Waals surface area contributed by atoms with E-state index >= 15 is 0 Å². The molecule has 1 amide bonds. The normalized spacial score (nSPS) is 14.1. The second kappa shape index (κ2) is 11.6. The van der Waals surface area contributed by atoms with Gasteiger partial charge in [-0.25, -0.2) is 4.79 Å². The second-order valence-electron chi connectivity index (χ2n) is 9.45. The van der Waals surface area contributed by atoms with E-state index in [1.807, 2.05) is 0 Å². The lowest BCUT2D eigenvalue weighted by molar-refractivity contribution is -0.385. The molecule has 0 spiro atoms. The molecule has 0 heterocycles. The average Bonchev–Trinajstić information content (AvgIpc) is 2.77. The van der Waals surface area contributed by atoms with Gasteiger partial charge in [0.1, 0.15) is 11.6 Å². The van der Waals surface area contributed by atoms with E-state index in [0.717, 1.165) is 11.0 Å². The smallest absolute Gasteiger partial charge is 0.408 e. The molecule has 2 aromatic rings. The molecule has 196 valence electrons. The Balaban J connectivity index is 3.03. The van der Waals surface area contributed by atoms with E-state index in [9.17, 15) is 33.5 Å². The van der Waals surface area contributed by atoms with Crippen LogP contribution in [-0.4, -0.2) is 57.3 Å². The number of nitrogens with zero attached hydrogens (tertiary/aromatic N) is 2. The molecule has 0 aliphatic carbocycles. The highest BCUT2D eigenvalue weighted by Gasteiger charge is 2.54. The fourth-order valence-corrected chi connectivity index (χ4v) is 4.61. The molecule has 0 aliphatic heterocycles. The standard InChI is InChI=1S/C24H31N3O8S/c1-16(2)35-25-21(36(33)34)20(28)24(15-17-10-7-6-8-11-17,26(22(29)30)23(3,4)5)18-12-9-13-19(14-18)27(31)32/h6-14,16,20,25,28H,15H2,1-5H3,(H,29,30)/t20-,24-/m0/s1. The number of aliphatic hydroxyl groups excluding tert-OH is 1. The van der Waals surface area contributed by atoms with Crippen LogP contribution in [0.25, 0.3) is 0 Å². The van der Waals surface area contributed by atoms with Crippen molar-refractivity contribution in [2.45, 2.75) is 64.3 Å². The van der Waals surface area contributed by atoms with Crippen molar-refractivity contribution < 1.29 is 33.2 Å². The summed E-state index contributed by atoms with van der Waals surface area (Å²) in [5.41, 5.74) is -0.745. The van der Waals surface area contributed by atoms with Crippen molar-refractivity contribution in [2.75, 3.05) is 0 Å². The van der Waals surface area contributed by atoms with Crippen molar-refractivity contribution in [3.63, 3.8) is 0 Å². The number of carbonyl (C=O) groups is 1. The molecule has 2 rings (SSSR count). The number of hydrogen-bond donors (Lipinski definition) is 3. The lowest BCUT2D eigenvalue weighted by Gasteiger charge is -2.51. The van der Waals surface area contributed by atoms with Gasteiger partial charge in [0.25, 0.3) is 5.69 Å². The van der Waals surface area contributed by atoms with Crippen LogP contribution in [0.15, 0.2) is 54.6 Å². The number of non-ortho nitro benzene ring substituents is 1. The Kier molecular flexibility index (Phi) is 9.32. The first-order valence-corrected chi connectivity index (χ1v) is 12.2. The maximum Gasteiger partial charge on any atom is 0.408 e. The fraction of sp³-hybridized carbons (Fsp3) is 0.417. The van der Waals surface area contributed by atoms with E-state index in [4.69, 9.17) is 4.84 Å². The molecule has 0 bridgehead atoms. The van der Waals surface area contributed by atoms with Crippen LogP contribution in [0.2, 0.25) is 0 Å². The van der Waals surface area contributed by atoms with Gasteiger partial charge in [0.15, 0.2) is 4.99 Å². The zero-order valence-electron chi connectivity index (χ0n) is 20.7. The van der Waals surface area contributed by atoms with E-state index in [2.05, 4.69) is 5.48 Å². The molecular formula is C24H31N3O8S. The molecule has 0 unspecified atom stereocenters. The highest BCUT2D eigenvalue weighted by Crippen LogP contribution is 2.42. The van der Waals surface area contributed by atoms with Crippen molar-refractivity contribution in [3.05, 3.63) is 75.8 Å². The Morgan fingerprint density at radius 1 is 1.14 bits per heavy atom. The number of carboxylic acid groups (broad SMARTS) is 1. The Morgan fingerprint density at radius 2 is 1.75 bits per heavy atom. The molecular weight excluding hydrogens is 490 g/mol. The zero-order chi connectivity index (χ0) is 27.3. The molecule has 0 aliphatic rings. The van der Waals surface area contributed by atoms with Crippen LogP contribution in [0.5, 0.6) is 0 Å². The maximum absolute atomic E-state index is 12.8. The first kappa shape index (κ1) is 28.9. The van der Waals surface area contributed by atoms with E-state index < -0.39 is 49.6 Å². The van der Waals surface area contributed by atoms with Crippen LogP contribution in [0, 0.1) is 10.1 Å². The lowest BCUT2D eigenvalue weighted by atomic mass is 9.75. The monoisotopic (exact) mass is 521 g/mol. The van der Waals surface area contributed by atoms with Gasteiger partial charge in [-0.15, -0.1) is 0 Å². The number of hydrogen-bond acceptors (Lipinski definition) is 7. The molecule has 0 radical (unpaired) electrons. The molecule has 12 heteroatoms. The van der Waals surface area contributed by atoms with Gasteiger partial charge in [-0.1, -0.05) is 42.5 Å². The number of nitro benzene ring substituents is 1. The van der Waals surface area contributed by atoms with Crippen LogP contribution in [0.3, 0.4) is 0 Å². The Morgan fingerprint density at radius 3 is 2.22 bits per heavy atom. The zero-order valence-corrected chi connectivity index (χ0v) is 21.5. The molecule has 0 saturated carbocycles. The summed E-state index contributed by atoms with van der Waals surface area (Å²) in [5.74, 6) is 0. The third-order valence-electron chi connectivity index (χ3n) is 5.41. The first-order chi connectivity index (χ1) is 16.7. The molecule has 0 fully saturated rings. The van der Waals surface area contributed by atoms with E-state index in [1.54, 1.807) is 65.0 Å². The minimum Gasteiger partial charge on any atom is -0.465 e. The molecule has 36 heavy (non-hydrogen) atoms. The van der Waals surface area contributed by atoms with Gasteiger partial charge in [0, 0.05) is 24.1 Å². The summed E-state index contributed by atoms with van der Waals surface area (Å²) in [7, 11) is -3.07. The number of amides is 1. The van der Waals surface area contributed by atoms with Crippen molar-refractivity contribution in [1.29, 1.82) is 0 Å². The SMILES string of the molecule is CC(C)ONC([C@H](O)[C@](Cc1ccccc1)(c1cccc([N+](=O)[O-])c1)N(C(=O)O)C(C)(C)C)=S(=O)=O.